The Kier molecular flexibility index (Phi) is 6.89. The fourth-order valence-electron chi connectivity index (χ4n) is 3.09. The summed E-state index contributed by atoms with van der Waals surface area (Å²) in [6.45, 7) is 1.07. The molecule has 2 aromatic carbocycles. The number of hydrogen-bond acceptors (Lipinski definition) is 6. The number of aromatic nitrogens is 1. The van der Waals surface area contributed by atoms with E-state index in [4.69, 9.17) is 16.3 Å². The third-order valence-electron chi connectivity index (χ3n) is 4.54. The Morgan fingerprint density at radius 1 is 1.27 bits per heavy atom. The normalized spacial score (nSPS) is 16.2. The van der Waals surface area contributed by atoms with Crippen LogP contribution in [-0.2, 0) is 0 Å². The van der Waals surface area contributed by atoms with Gasteiger partial charge in [0.2, 0.25) is 0 Å². The maximum atomic E-state index is 14.5. The summed E-state index contributed by atoms with van der Waals surface area (Å²) < 4.78 is 36.6. The summed E-state index contributed by atoms with van der Waals surface area (Å²) in [4.78, 5) is 4.44. The van der Waals surface area contributed by atoms with Crippen molar-refractivity contribution in [2.24, 2.45) is 0 Å². The summed E-state index contributed by atoms with van der Waals surface area (Å²) in [7, 11) is 0. The SMILES string of the molecule is Fc1ccc(C2=CCCNC2COc2cc(F)c(SNc3cscn3)cc2Cl)cc1. The van der Waals surface area contributed by atoms with Gasteiger partial charge in [0.25, 0.3) is 0 Å². The van der Waals surface area contributed by atoms with Crippen LogP contribution in [0, 0.1) is 11.6 Å². The van der Waals surface area contributed by atoms with Crippen molar-refractivity contribution < 1.29 is 13.5 Å². The molecule has 156 valence electrons. The van der Waals surface area contributed by atoms with Crippen LogP contribution in [0.2, 0.25) is 5.02 Å². The van der Waals surface area contributed by atoms with Crippen molar-refractivity contribution >= 4 is 46.3 Å². The molecule has 4 nitrogen and oxygen atoms in total. The smallest absolute Gasteiger partial charge is 0.147 e. The highest BCUT2D eigenvalue weighted by Crippen LogP contribution is 2.34. The highest BCUT2D eigenvalue weighted by Gasteiger charge is 2.20. The van der Waals surface area contributed by atoms with E-state index in [-0.39, 0.29) is 24.2 Å². The third-order valence-corrected chi connectivity index (χ3v) is 6.27. The number of nitrogens with one attached hydrogen (secondary N) is 2. The lowest BCUT2D eigenvalue weighted by Crippen LogP contribution is -2.38. The molecule has 0 amide bonds. The molecule has 0 saturated carbocycles. The predicted octanol–water partition coefficient (Wildman–Crippen LogP) is 6.02. The minimum Gasteiger partial charge on any atom is -0.490 e. The highest BCUT2D eigenvalue weighted by molar-refractivity contribution is 8.00. The molecule has 4 rings (SSSR count). The first-order valence-electron chi connectivity index (χ1n) is 9.22. The Morgan fingerprint density at radius 3 is 2.87 bits per heavy atom. The summed E-state index contributed by atoms with van der Waals surface area (Å²) >= 11 is 8.88. The van der Waals surface area contributed by atoms with Crippen molar-refractivity contribution in [3.8, 4) is 5.75 Å². The van der Waals surface area contributed by atoms with Crippen molar-refractivity contribution in [1.82, 2.24) is 10.3 Å². The second-order valence-electron chi connectivity index (χ2n) is 6.56. The number of halogens is 3. The van der Waals surface area contributed by atoms with E-state index in [9.17, 15) is 8.78 Å². The van der Waals surface area contributed by atoms with Gasteiger partial charge < -0.3 is 14.8 Å². The molecule has 9 heteroatoms. The highest BCUT2D eigenvalue weighted by atomic mass is 35.5. The average Bonchev–Trinajstić information content (AvgIpc) is 3.27. The first-order valence-corrected chi connectivity index (χ1v) is 11.4. The average molecular weight is 466 g/mol. The van der Waals surface area contributed by atoms with Gasteiger partial charge in [-0.1, -0.05) is 29.8 Å². The molecule has 0 spiro atoms. The second-order valence-corrected chi connectivity index (χ2v) is 8.54. The lowest BCUT2D eigenvalue weighted by molar-refractivity contribution is 0.287. The molecule has 1 aromatic heterocycles. The fraction of sp³-hybridized carbons (Fsp3) is 0.190. The molecule has 1 unspecified atom stereocenters. The minimum atomic E-state index is -0.437. The van der Waals surface area contributed by atoms with Crippen LogP contribution in [0.25, 0.3) is 5.57 Å². The van der Waals surface area contributed by atoms with E-state index in [1.165, 1.54) is 35.6 Å². The van der Waals surface area contributed by atoms with Gasteiger partial charge in [-0.25, -0.2) is 13.8 Å². The van der Waals surface area contributed by atoms with Gasteiger partial charge >= 0.3 is 0 Å². The molecule has 2 N–H and O–H groups in total. The zero-order valence-electron chi connectivity index (χ0n) is 15.7. The number of nitrogens with zero attached hydrogens (tertiary/aromatic N) is 1. The van der Waals surface area contributed by atoms with Crippen molar-refractivity contribution in [3.05, 3.63) is 75.6 Å². The number of ether oxygens (including phenoxy) is 1. The first kappa shape index (κ1) is 21.1. The molecule has 0 saturated heterocycles. The Bertz CT molecular complexity index is 1030. The monoisotopic (exact) mass is 465 g/mol. The van der Waals surface area contributed by atoms with Crippen molar-refractivity contribution in [3.63, 3.8) is 0 Å². The maximum Gasteiger partial charge on any atom is 0.147 e. The van der Waals surface area contributed by atoms with Crippen LogP contribution < -0.4 is 14.8 Å². The summed E-state index contributed by atoms with van der Waals surface area (Å²) in [6, 6.07) is 9.07. The van der Waals surface area contributed by atoms with Gasteiger partial charge in [-0.05, 0) is 54.2 Å². The van der Waals surface area contributed by atoms with Gasteiger partial charge in [0, 0.05) is 11.4 Å². The Hall–Kier alpha value is -2.13. The minimum absolute atomic E-state index is 0.108. The Morgan fingerprint density at radius 2 is 2.10 bits per heavy atom. The van der Waals surface area contributed by atoms with E-state index in [1.54, 1.807) is 17.6 Å². The van der Waals surface area contributed by atoms with E-state index in [0.29, 0.717) is 15.7 Å². The van der Waals surface area contributed by atoms with Crippen LogP contribution >= 0.6 is 34.9 Å². The van der Waals surface area contributed by atoms with Crippen molar-refractivity contribution in [2.75, 3.05) is 17.9 Å². The van der Waals surface area contributed by atoms with Gasteiger partial charge in [-0.2, -0.15) is 0 Å². The topological polar surface area (TPSA) is 46.2 Å². The number of rotatable bonds is 7. The quantitative estimate of drug-likeness (QED) is 0.418. The van der Waals surface area contributed by atoms with E-state index in [1.807, 2.05) is 5.38 Å². The zero-order chi connectivity index (χ0) is 20.9. The van der Waals surface area contributed by atoms with Gasteiger partial charge in [0.15, 0.2) is 0 Å². The number of hydrogen-bond donors (Lipinski definition) is 2. The molecule has 2 heterocycles. The number of thiazole rings is 1. The summed E-state index contributed by atoms with van der Waals surface area (Å²) in [6.07, 6.45) is 2.99. The van der Waals surface area contributed by atoms with E-state index in [2.05, 4.69) is 21.1 Å². The van der Waals surface area contributed by atoms with Gasteiger partial charge in [0.1, 0.15) is 29.8 Å². The molecule has 0 bridgehead atoms. The Labute approximate surface area is 186 Å². The predicted molar refractivity (Wildman–Crippen MR) is 119 cm³/mol. The molecular weight excluding hydrogens is 448 g/mol. The van der Waals surface area contributed by atoms with Crippen LogP contribution in [0.4, 0.5) is 14.6 Å². The molecule has 1 atom stereocenters. The summed E-state index contributed by atoms with van der Waals surface area (Å²) in [5.41, 5.74) is 3.64. The molecule has 1 aliphatic rings. The van der Waals surface area contributed by atoms with Crippen LogP contribution in [-0.4, -0.2) is 24.2 Å². The molecule has 1 aliphatic heterocycles. The molecule has 0 radical (unpaired) electrons. The van der Waals surface area contributed by atoms with Crippen molar-refractivity contribution in [1.29, 1.82) is 0 Å². The fourth-order valence-corrected chi connectivity index (χ4v) is 4.59. The van der Waals surface area contributed by atoms with Crippen LogP contribution in [0.1, 0.15) is 12.0 Å². The van der Waals surface area contributed by atoms with Crippen LogP contribution in [0.15, 0.2) is 58.3 Å². The molecule has 30 heavy (non-hydrogen) atoms. The van der Waals surface area contributed by atoms with Gasteiger partial charge in [0.05, 0.1) is 21.5 Å². The summed E-state index contributed by atoms with van der Waals surface area (Å²) in [5.74, 6) is 0.218. The molecule has 0 fully saturated rings. The van der Waals surface area contributed by atoms with Gasteiger partial charge in [-0.3, -0.25) is 0 Å². The largest absolute Gasteiger partial charge is 0.490 e. The number of anilines is 1. The molecular formula is C21H18ClF2N3OS2. The molecule has 0 aliphatic carbocycles. The van der Waals surface area contributed by atoms with E-state index >= 15 is 0 Å². The zero-order valence-corrected chi connectivity index (χ0v) is 18.1. The lowest BCUT2D eigenvalue weighted by atomic mass is 9.95. The van der Waals surface area contributed by atoms with Crippen LogP contribution in [0.3, 0.4) is 0 Å². The van der Waals surface area contributed by atoms with E-state index < -0.39 is 5.82 Å². The van der Waals surface area contributed by atoms with Crippen molar-refractivity contribution in [2.45, 2.75) is 17.4 Å². The standard InChI is InChI=1S/C21H18ClF2N3OS2/c22-16-8-20(30-27-21-11-29-12-26-21)17(24)9-19(16)28-10-18-15(2-1-7-25-18)13-3-5-14(23)6-4-13/h2-6,8-9,11-12,18,25,27H,1,7,10H2. The van der Waals surface area contributed by atoms with Crippen LogP contribution in [0.5, 0.6) is 5.75 Å². The molecule has 3 aromatic rings. The summed E-state index contributed by atoms with van der Waals surface area (Å²) in [5, 5.41) is 5.54. The lowest BCUT2D eigenvalue weighted by Gasteiger charge is -2.26. The first-order chi connectivity index (χ1) is 14.6. The van der Waals surface area contributed by atoms with E-state index in [0.717, 1.165) is 36.1 Å². The third kappa shape index (κ3) is 5.13. The van der Waals surface area contributed by atoms with Gasteiger partial charge in [-0.15, -0.1) is 11.3 Å². The maximum absolute atomic E-state index is 14.5. The second kappa shape index (κ2) is 9.78. The Balaban J connectivity index is 1.43. The number of benzene rings is 2.